The third-order valence-electron chi connectivity index (χ3n) is 1.94. The highest BCUT2D eigenvalue weighted by molar-refractivity contribution is 6.31. The number of benzene rings is 1. The summed E-state index contributed by atoms with van der Waals surface area (Å²) in [5, 5.41) is -0.350. The molecule has 0 bridgehead atoms. The van der Waals surface area contributed by atoms with E-state index in [4.69, 9.17) is 17.3 Å². The van der Waals surface area contributed by atoms with Crippen LogP contribution in [0.2, 0.25) is 5.02 Å². The first-order chi connectivity index (χ1) is 6.86. The van der Waals surface area contributed by atoms with Crippen molar-refractivity contribution in [3.8, 4) is 0 Å². The number of alkyl halides is 3. The van der Waals surface area contributed by atoms with Crippen LogP contribution in [0.5, 0.6) is 0 Å². The van der Waals surface area contributed by atoms with E-state index >= 15 is 0 Å². The molecule has 1 atom stereocenters. The van der Waals surface area contributed by atoms with Gasteiger partial charge in [0.25, 0.3) is 0 Å². The van der Waals surface area contributed by atoms with Gasteiger partial charge < -0.3 is 5.73 Å². The highest BCUT2D eigenvalue weighted by Gasteiger charge is 2.33. The van der Waals surface area contributed by atoms with Crippen LogP contribution in [0.3, 0.4) is 0 Å². The molecule has 0 aliphatic rings. The Morgan fingerprint density at radius 2 is 1.94 bits per heavy atom. The standard InChI is InChI=1S/C10H9ClF3N.ClH/c1-2-9(15)6-3-4-7(8(11)5-6)10(12,13)14;/h2-5,9H,1,15H2;1H/t9-;/m0./s1. The maximum Gasteiger partial charge on any atom is 0.417 e. The van der Waals surface area contributed by atoms with Gasteiger partial charge in [0.15, 0.2) is 0 Å². The molecule has 0 radical (unpaired) electrons. The molecule has 1 nitrogen and oxygen atoms in total. The Morgan fingerprint density at radius 3 is 2.31 bits per heavy atom. The number of halogens is 5. The Labute approximate surface area is 102 Å². The summed E-state index contributed by atoms with van der Waals surface area (Å²) in [6, 6.07) is 2.91. The summed E-state index contributed by atoms with van der Waals surface area (Å²) >= 11 is 5.51. The number of nitrogens with two attached hydrogens (primary N) is 1. The zero-order valence-electron chi connectivity index (χ0n) is 8.09. The van der Waals surface area contributed by atoms with Gasteiger partial charge >= 0.3 is 6.18 Å². The van der Waals surface area contributed by atoms with Crippen molar-refractivity contribution in [1.29, 1.82) is 0 Å². The summed E-state index contributed by atoms with van der Waals surface area (Å²) < 4.78 is 37.0. The molecule has 0 unspecified atom stereocenters. The van der Waals surface area contributed by atoms with E-state index in [9.17, 15) is 13.2 Å². The molecule has 1 aromatic rings. The van der Waals surface area contributed by atoms with Gasteiger partial charge in [-0.15, -0.1) is 19.0 Å². The SMILES string of the molecule is C=C[C@H](N)c1ccc(C(F)(F)F)c(Cl)c1.Cl. The van der Waals surface area contributed by atoms with Gasteiger partial charge in [-0.25, -0.2) is 0 Å². The van der Waals surface area contributed by atoms with Crippen LogP contribution in [0, 0.1) is 0 Å². The molecule has 2 N–H and O–H groups in total. The van der Waals surface area contributed by atoms with Crippen molar-refractivity contribution in [3.05, 3.63) is 47.0 Å². The maximum absolute atomic E-state index is 12.3. The molecule has 0 spiro atoms. The summed E-state index contributed by atoms with van der Waals surface area (Å²) in [5.41, 5.74) is 5.21. The van der Waals surface area contributed by atoms with Crippen molar-refractivity contribution in [2.75, 3.05) is 0 Å². The van der Waals surface area contributed by atoms with E-state index in [2.05, 4.69) is 6.58 Å². The van der Waals surface area contributed by atoms with Crippen LogP contribution >= 0.6 is 24.0 Å². The van der Waals surface area contributed by atoms with Gasteiger partial charge in [0.1, 0.15) is 0 Å². The fourth-order valence-electron chi connectivity index (χ4n) is 1.10. The lowest BCUT2D eigenvalue weighted by Gasteiger charge is -2.12. The van der Waals surface area contributed by atoms with E-state index in [0.29, 0.717) is 5.56 Å². The van der Waals surface area contributed by atoms with Gasteiger partial charge in [-0.3, -0.25) is 0 Å². The van der Waals surface area contributed by atoms with Crippen LogP contribution < -0.4 is 5.73 Å². The van der Waals surface area contributed by atoms with Crippen molar-refractivity contribution in [1.82, 2.24) is 0 Å². The van der Waals surface area contributed by atoms with Crippen LogP contribution in [-0.4, -0.2) is 0 Å². The molecular formula is C10H10Cl2F3N. The van der Waals surface area contributed by atoms with E-state index < -0.39 is 17.8 Å². The van der Waals surface area contributed by atoms with Crippen molar-refractivity contribution < 1.29 is 13.2 Å². The summed E-state index contributed by atoms with van der Waals surface area (Å²) in [4.78, 5) is 0. The van der Waals surface area contributed by atoms with Crippen LogP contribution in [0.1, 0.15) is 17.2 Å². The molecule has 0 aliphatic carbocycles. The molecule has 0 saturated carbocycles. The normalized spacial score (nSPS) is 12.8. The van der Waals surface area contributed by atoms with Crippen molar-refractivity contribution in [2.45, 2.75) is 12.2 Å². The lowest BCUT2D eigenvalue weighted by molar-refractivity contribution is -0.137. The summed E-state index contributed by atoms with van der Waals surface area (Å²) in [5.74, 6) is 0. The molecule has 0 amide bonds. The second-order valence-corrected chi connectivity index (χ2v) is 3.41. The topological polar surface area (TPSA) is 26.0 Å². The first-order valence-corrected chi connectivity index (χ1v) is 4.49. The van der Waals surface area contributed by atoms with Gasteiger partial charge in [0, 0.05) is 6.04 Å². The highest BCUT2D eigenvalue weighted by atomic mass is 35.5. The fraction of sp³-hybridized carbons (Fsp3) is 0.200. The minimum Gasteiger partial charge on any atom is -0.321 e. The molecule has 0 heterocycles. The van der Waals surface area contributed by atoms with Crippen LogP contribution in [0.4, 0.5) is 13.2 Å². The molecular weight excluding hydrogens is 262 g/mol. The smallest absolute Gasteiger partial charge is 0.321 e. The Kier molecular flexibility index (Phi) is 5.32. The zero-order valence-corrected chi connectivity index (χ0v) is 9.66. The molecule has 0 fully saturated rings. The summed E-state index contributed by atoms with van der Waals surface area (Å²) in [6.45, 7) is 3.45. The van der Waals surface area contributed by atoms with Gasteiger partial charge in [-0.2, -0.15) is 13.2 Å². The third-order valence-corrected chi connectivity index (χ3v) is 2.25. The summed E-state index contributed by atoms with van der Waals surface area (Å²) in [7, 11) is 0. The molecule has 1 aromatic carbocycles. The Hall–Kier alpha value is -0.710. The first-order valence-electron chi connectivity index (χ1n) is 4.11. The van der Waals surface area contributed by atoms with E-state index in [1.165, 1.54) is 18.2 Å². The second kappa shape index (κ2) is 5.57. The Bertz CT molecular complexity index is 377. The first kappa shape index (κ1) is 15.3. The van der Waals surface area contributed by atoms with Gasteiger partial charge in [-0.05, 0) is 17.7 Å². The largest absolute Gasteiger partial charge is 0.417 e. The molecule has 0 aromatic heterocycles. The molecule has 90 valence electrons. The average molecular weight is 272 g/mol. The zero-order chi connectivity index (χ0) is 11.6. The van der Waals surface area contributed by atoms with Gasteiger partial charge in [0.2, 0.25) is 0 Å². The third kappa shape index (κ3) is 3.40. The molecule has 0 saturated heterocycles. The average Bonchev–Trinajstić information content (AvgIpc) is 2.14. The van der Waals surface area contributed by atoms with Crippen LogP contribution in [-0.2, 0) is 6.18 Å². The Balaban J connectivity index is 0.00000225. The van der Waals surface area contributed by atoms with Crippen molar-refractivity contribution in [2.24, 2.45) is 5.73 Å². The number of hydrogen-bond acceptors (Lipinski definition) is 1. The lowest BCUT2D eigenvalue weighted by Crippen LogP contribution is -2.09. The predicted molar refractivity (Wildman–Crippen MR) is 60.8 cm³/mol. The highest BCUT2D eigenvalue weighted by Crippen LogP contribution is 2.35. The maximum atomic E-state index is 12.3. The minimum atomic E-state index is -4.44. The molecule has 1 rings (SSSR count). The molecule has 16 heavy (non-hydrogen) atoms. The quantitative estimate of drug-likeness (QED) is 0.810. The van der Waals surface area contributed by atoms with Crippen LogP contribution in [0.15, 0.2) is 30.9 Å². The Morgan fingerprint density at radius 1 is 1.38 bits per heavy atom. The second-order valence-electron chi connectivity index (χ2n) is 3.00. The minimum absolute atomic E-state index is 0. The van der Waals surface area contributed by atoms with E-state index in [-0.39, 0.29) is 17.4 Å². The number of rotatable bonds is 2. The van der Waals surface area contributed by atoms with E-state index in [1.54, 1.807) is 0 Å². The van der Waals surface area contributed by atoms with Crippen molar-refractivity contribution >= 4 is 24.0 Å². The molecule has 6 heteroatoms. The fourth-order valence-corrected chi connectivity index (χ4v) is 1.40. The summed E-state index contributed by atoms with van der Waals surface area (Å²) in [6.07, 6.45) is -3.01. The van der Waals surface area contributed by atoms with E-state index in [0.717, 1.165) is 6.07 Å². The monoisotopic (exact) mass is 271 g/mol. The van der Waals surface area contributed by atoms with E-state index in [1.807, 2.05) is 0 Å². The number of hydrogen-bond donors (Lipinski definition) is 1. The van der Waals surface area contributed by atoms with Crippen molar-refractivity contribution in [3.63, 3.8) is 0 Å². The van der Waals surface area contributed by atoms with Crippen LogP contribution in [0.25, 0.3) is 0 Å². The van der Waals surface area contributed by atoms with Gasteiger partial charge in [-0.1, -0.05) is 23.7 Å². The van der Waals surface area contributed by atoms with Gasteiger partial charge in [0.05, 0.1) is 10.6 Å². The lowest BCUT2D eigenvalue weighted by atomic mass is 10.1. The molecule has 0 aliphatic heterocycles. The predicted octanol–water partition coefficient (Wildman–Crippen LogP) is 3.97.